The van der Waals surface area contributed by atoms with Crippen LogP contribution in [0.3, 0.4) is 0 Å². The molecule has 1 heterocycles. The second-order valence-corrected chi connectivity index (χ2v) is 5.97. The number of aldehydes is 1. The fourth-order valence-corrected chi connectivity index (χ4v) is 2.14. The van der Waals surface area contributed by atoms with Crippen molar-refractivity contribution in [2.75, 3.05) is 13.6 Å². The minimum absolute atomic E-state index is 0.167. The van der Waals surface area contributed by atoms with E-state index in [2.05, 4.69) is 24.5 Å². The third-order valence-electron chi connectivity index (χ3n) is 3.59. The minimum Gasteiger partial charge on any atom is -0.382 e. The topological polar surface area (TPSA) is 104 Å². The Morgan fingerprint density at radius 2 is 1.88 bits per heavy atom. The average Bonchev–Trinajstić information content (AvgIpc) is 3.25. The van der Waals surface area contributed by atoms with Crippen LogP contribution in [0.15, 0.2) is 0 Å². The number of aliphatic hydroxyl groups is 1. The van der Waals surface area contributed by atoms with Gasteiger partial charge in [-0.15, -0.1) is 0 Å². The van der Waals surface area contributed by atoms with Crippen molar-refractivity contribution in [3.63, 3.8) is 0 Å². The molecule has 6 nitrogen and oxygen atoms in total. The number of carbonyl (C=O) groups excluding carboxylic acids is 2. The number of hydrogen-bond donors (Lipinski definition) is 4. The van der Waals surface area contributed by atoms with Crippen molar-refractivity contribution in [3.05, 3.63) is 0 Å². The van der Waals surface area contributed by atoms with Crippen molar-refractivity contribution < 1.29 is 14.7 Å². The SMILES string of the molecule is CC.CCC.CNC(CC1CC1)C(O)C(N)=O.O=CC1CCCN1. The zero-order valence-corrected chi connectivity index (χ0v) is 16.2. The van der Waals surface area contributed by atoms with Crippen LogP contribution < -0.4 is 16.4 Å². The first-order valence-electron chi connectivity index (χ1n) is 9.33. The fraction of sp³-hybridized carbons (Fsp3) is 0.889. The fourth-order valence-electron chi connectivity index (χ4n) is 2.14. The molecule has 0 aromatic carbocycles. The van der Waals surface area contributed by atoms with Crippen molar-refractivity contribution in [1.82, 2.24) is 10.6 Å². The molecule has 0 aromatic heterocycles. The molecule has 3 atom stereocenters. The molecule has 1 aliphatic heterocycles. The summed E-state index contributed by atoms with van der Waals surface area (Å²) >= 11 is 0. The number of aliphatic hydroxyl groups excluding tert-OH is 1. The summed E-state index contributed by atoms with van der Waals surface area (Å²) in [6.45, 7) is 9.27. The van der Waals surface area contributed by atoms with Gasteiger partial charge in [-0.25, -0.2) is 0 Å². The highest BCUT2D eigenvalue weighted by Gasteiger charge is 2.30. The second kappa shape index (κ2) is 16.9. The quantitative estimate of drug-likeness (QED) is 0.547. The molecule has 1 saturated carbocycles. The molecular weight excluding hydrogens is 306 g/mol. The first-order chi connectivity index (χ1) is 11.5. The highest BCUT2D eigenvalue weighted by molar-refractivity contribution is 5.79. The molecule has 1 amide bonds. The molecule has 0 bridgehead atoms. The lowest BCUT2D eigenvalue weighted by molar-refractivity contribution is -0.127. The number of nitrogens with one attached hydrogen (secondary N) is 2. The molecule has 2 fully saturated rings. The van der Waals surface area contributed by atoms with E-state index in [4.69, 9.17) is 5.73 Å². The third kappa shape index (κ3) is 13.5. The van der Waals surface area contributed by atoms with Crippen molar-refractivity contribution in [1.29, 1.82) is 0 Å². The van der Waals surface area contributed by atoms with Gasteiger partial charge in [0.05, 0.1) is 6.04 Å². The Morgan fingerprint density at radius 1 is 1.33 bits per heavy atom. The summed E-state index contributed by atoms with van der Waals surface area (Å²) < 4.78 is 0. The van der Waals surface area contributed by atoms with E-state index in [1.807, 2.05) is 13.8 Å². The summed E-state index contributed by atoms with van der Waals surface area (Å²) in [7, 11) is 1.74. The van der Waals surface area contributed by atoms with Gasteiger partial charge < -0.3 is 26.3 Å². The molecule has 1 aliphatic carbocycles. The van der Waals surface area contributed by atoms with E-state index in [0.717, 1.165) is 32.1 Å². The van der Waals surface area contributed by atoms with Crippen molar-refractivity contribution in [2.24, 2.45) is 11.7 Å². The molecule has 144 valence electrons. The predicted octanol–water partition coefficient (Wildman–Crippen LogP) is 1.60. The first-order valence-corrected chi connectivity index (χ1v) is 9.33. The number of likely N-dealkylation sites (N-methyl/N-ethyl adjacent to an activating group) is 1. The molecule has 24 heavy (non-hydrogen) atoms. The monoisotopic (exact) mass is 345 g/mol. The number of primary amides is 1. The summed E-state index contributed by atoms with van der Waals surface area (Å²) in [5.74, 6) is 0.0337. The van der Waals surface area contributed by atoms with E-state index >= 15 is 0 Å². The summed E-state index contributed by atoms with van der Waals surface area (Å²) in [5.41, 5.74) is 4.98. The highest BCUT2D eigenvalue weighted by Crippen LogP contribution is 2.33. The molecule has 3 unspecified atom stereocenters. The standard InChI is InChI=1S/C8H16N2O2.C5H9NO.C3H8.C2H6/c1-10-6(4-5-2-3-5)7(11)8(9)12;7-4-5-2-1-3-6-5;1-3-2;1-2/h5-7,10-11H,2-4H2,1H3,(H2,9,12);4-6H,1-3H2;3H2,1-2H3;1-2H3. The summed E-state index contributed by atoms with van der Waals surface area (Å²) in [6.07, 6.45) is 6.64. The Morgan fingerprint density at radius 3 is 2.12 bits per heavy atom. The predicted molar refractivity (Wildman–Crippen MR) is 99.8 cm³/mol. The maximum atomic E-state index is 10.6. The third-order valence-corrected chi connectivity index (χ3v) is 3.59. The van der Waals surface area contributed by atoms with Crippen LogP contribution in [-0.2, 0) is 9.59 Å². The lowest BCUT2D eigenvalue weighted by atomic mass is 10.0. The van der Waals surface area contributed by atoms with E-state index in [1.54, 1.807) is 7.05 Å². The van der Waals surface area contributed by atoms with E-state index < -0.39 is 12.0 Å². The van der Waals surface area contributed by atoms with Crippen molar-refractivity contribution >= 4 is 12.2 Å². The first kappa shape index (κ1) is 25.3. The van der Waals surface area contributed by atoms with E-state index in [9.17, 15) is 14.7 Å². The number of hydrogen-bond acceptors (Lipinski definition) is 5. The molecule has 2 aliphatic rings. The van der Waals surface area contributed by atoms with Crippen LogP contribution in [0.25, 0.3) is 0 Å². The summed E-state index contributed by atoms with van der Waals surface area (Å²) in [4.78, 5) is 20.6. The lowest BCUT2D eigenvalue weighted by Crippen LogP contribution is -2.45. The van der Waals surface area contributed by atoms with E-state index in [1.165, 1.54) is 19.3 Å². The minimum atomic E-state index is -1.05. The van der Waals surface area contributed by atoms with Gasteiger partial charge in [-0.05, 0) is 38.8 Å². The van der Waals surface area contributed by atoms with E-state index in [0.29, 0.717) is 5.92 Å². The van der Waals surface area contributed by atoms with Gasteiger partial charge in [0.25, 0.3) is 0 Å². The molecule has 6 heteroatoms. The van der Waals surface area contributed by atoms with Gasteiger partial charge in [0.2, 0.25) is 5.91 Å². The van der Waals surface area contributed by atoms with Crippen LogP contribution in [0.1, 0.15) is 66.2 Å². The van der Waals surface area contributed by atoms with Gasteiger partial charge in [0.15, 0.2) is 0 Å². The molecule has 1 saturated heterocycles. The van der Waals surface area contributed by atoms with Gasteiger partial charge in [-0.2, -0.15) is 0 Å². The maximum Gasteiger partial charge on any atom is 0.247 e. The Hall–Kier alpha value is -0.980. The summed E-state index contributed by atoms with van der Waals surface area (Å²) in [6, 6.07) is -0.00463. The van der Waals surface area contributed by atoms with Crippen LogP contribution in [0.5, 0.6) is 0 Å². The molecule has 0 spiro atoms. The van der Waals surface area contributed by atoms with Gasteiger partial charge in [0.1, 0.15) is 12.4 Å². The van der Waals surface area contributed by atoms with Crippen LogP contribution in [-0.4, -0.2) is 49.1 Å². The molecular formula is C18H39N3O3. The highest BCUT2D eigenvalue weighted by atomic mass is 16.3. The Bertz CT molecular complexity index is 304. The van der Waals surface area contributed by atoms with E-state index in [-0.39, 0.29) is 12.1 Å². The molecule has 0 aromatic rings. The maximum absolute atomic E-state index is 10.6. The zero-order chi connectivity index (χ0) is 19.0. The average molecular weight is 346 g/mol. The normalized spacial score (nSPS) is 20.8. The van der Waals surface area contributed by atoms with Crippen LogP contribution in [0.2, 0.25) is 0 Å². The van der Waals surface area contributed by atoms with Crippen LogP contribution >= 0.6 is 0 Å². The Kier molecular flexibility index (Phi) is 17.8. The number of amides is 1. The van der Waals surface area contributed by atoms with Crippen LogP contribution in [0.4, 0.5) is 0 Å². The number of nitrogens with two attached hydrogens (primary N) is 1. The Labute approximate surface area is 148 Å². The van der Waals surface area contributed by atoms with Gasteiger partial charge in [-0.1, -0.05) is 47.0 Å². The van der Waals surface area contributed by atoms with Gasteiger partial charge in [0, 0.05) is 6.04 Å². The van der Waals surface area contributed by atoms with Crippen molar-refractivity contribution in [2.45, 2.75) is 84.4 Å². The number of rotatable bonds is 6. The van der Waals surface area contributed by atoms with Crippen molar-refractivity contribution in [3.8, 4) is 0 Å². The van der Waals surface area contributed by atoms with Gasteiger partial charge >= 0.3 is 0 Å². The Balaban J connectivity index is 0. The lowest BCUT2D eigenvalue weighted by Gasteiger charge is -2.19. The largest absolute Gasteiger partial charge is 0.382 e. The zero-order valence-electron chi connectivity index (χ0n) is 16.2. The summed E-state index contributed by atoms with van der Waals surface area (Å²) in [5, 5.41) is 15.3. The molecule has 5 N–H and O–H groups in total. The van der Waals surface area contributed by atoms with Gasteiger partial charge in [-0.3, -0.25) is 4.79 Å². The molecule has 0 radical (unpaired) electrons. The van der Waals surface area contributed by atoms with Crippen LogP contribution in [0, 0.1) is 5.92 Å². The smallest absolute Gasteiger partial charge is 0.247 e. The second-order valence-electron chi connectivity index (χ2n) is 5.97. The molecule has 2 rings (SSSR count). The number of carbonyl (C=O) groups is 2.